The molecular weight excluding hydrogens is 468 g/mol. The number of thioether (sulfide) groups is 1. The standard InChI is InChI=1S/C25H22N4O3S2/c1-32-20-9-5-6-17(14-20)22-15-34-25(28-22)29-23(30)16-33-21-12-10-19(11-13-21)27-24(31)26-18-7-3-2-4-8-18/h2-15H,16H2,1H3,(H2,26,27,31)(H,28,29,30). The van der Waals surface area contributed by atoms with Crippen LogP contribution in [-0.2, 0) is 4.79 Å². The number of aromatic nitrogens is 1. The van der Waals surface area contributed by atoms with Crippen LogP contribution in [0.4, 0.5) is 21.3 Å². The van der Waals surface area contributed by atoms with E-state index < -0.39 is 0 Å². The monoisotopic (exact) mass is 490 g/mol. The summed E-state index contributed by atoms with van der Waals surface area (Å²) in [6, 6.07) is 23.8. The van der Waals surface area contributed by atoms with E-state index in [9.17, 15) is 9.59 Å². The molecule has 0 aliphatic rings. The van der Waals surface area contributed by atoms with E-state index in [0.29, 0.717) is 16.5 Å². The van der Waals surface area contributed by atoms with Gasteiger partial charge in [0, 0.05) is 27.2 Å². The van der Waals surface area contributed by atoms with Gasteiger partial charge < -0.3 is 20.7 Å². The number of anilines is 3. The molecule has 3 amide bonds. The molecule has 0 bridgehead atoms. The predicted molar refractivity (Wildman–Crippen MR) is 139 cm³/mol. The zero-order valence-corrected chi connectivity index (χ0v) is 19.9. The lowest BCUT2D eigenvalue weighted by molar-refractivity contribution is -0.113. The Morgan fingerprint density at radius 1 is 0.912 bits per heavy atom. The van der Waals surface area contributed by atoms with Crippen molar-refractivity contribution in [2.24, 2.45) is 0 Å². The fourth-order valence-electron chi connectivity index (χ4n) is 3.00. The highest BCUT2D eigenvalue weighted by Gasteiger charge is 2.10. The van der Waals surface area contributed by atoms with E-state index in [4.69, 9.17) is 4.74 Å². The summed E-state index contributed by atoms with van der Waals surface area (Å²) in [5.74, 6) is 0.863. The minimum atomic E-state index is -0.317. The molecule has 0 radical (unpaired) electrons. The van der Waals surface area contributed by atoms with E-state index in [1.54, 1.807) is 19.2 Å². The van der Waals surface area contributed by atoms with Crippen molar-refractivity contribution in [1.29, 1.82) is 0 Å². The van der Waals surface area contributed by atoms with Crippen LogP contribution in [0.15, 0.2) is 89.1 Å². The van der Waals surface area contributed by atoms with E-state index in [2.05, 4.69) is 20.9 Å². The van der Waals surface area contributed by atoms with Gasteiger partial charge in [-0.05, 0) is 48.5 Å². The average Bonchev–Trinajstić information content (AvgIpc) is 3.32. The van der Waals surface area contributed by atoms with Gasteiger partial charge in [-0.15, -0.1) is 23.1 Å². The number of carbonyl (C=O) groups excluding carboxylic acids is 2. The van der Waals surface area contributed by atoms with E-state index in [0.717, 1.165) is 21.9 Å². The number of ether oxygens (including phenoxy) is 1. The van der Waals surface area contributed by atoms with Crippen LogP contribution < -0.4 is 20.7 Å². The van der Waals surface area contributed by atoms with Crippen LogP contribution in [0.1, 0.15) is 0 Å². The van der Waals surface area contributed by atoms with Crippen molar-refractivity contribution < 1.29 is 14.3 Å². The van der Waals surface area contributed by atoms with Crippen molar-refractivity contribution >= 4 is 51.5 Å². The lowest BCUT2D eigenvalue weighted by atomic mass is 10.2. The predicted octanol–water partition coefficient (Wildman–Crippen LogP) is 6.19. The highest BCUT2D eigenvalue weighted by Crippen LogP contribution is 2.28. The number of nitrogens with one attached hydrogen (secondary N) is 3. The SMILES string of the molecule is COc1cccc(-c2csc(NC(=O)CSc3ccc(NC(=O)Nc4ccccc4)cc3)n2)c1. The number of para-hydroxylation sites is 1. The van der Waals surface area contributed by atoms with Gasteiger partial charge in [0.1, 0.15) is 5.75 Å². The van der Waals surface area contributed by atoms with Gasteiger partial charge in [0.05, 0.1) is 18.6 Å². The number of rotatable bonds is 8. The van der Waals surface area contributed by atoms with Crippen molar-refractivity contribution in [2.75, 3.05) is 28.8 Å². The molecule has 9 heteroatoms. The first kappa shape index (κ1) is 23.3. The number of hydrogen-bond acceptors (Lipinski definition) is 6. The van der Waals surface area contributed by atoms with Crippen molar-refractivity contribution in [2.45, 2.75) is 4.90 Å². The maximum atomic E-state index is 12.4. The highest BCUT2D eigenvalue weighted by molar-refractivity contribution is 8.00. The summed E-state index contributed by atoms with van der Waals surface area (Å²) < 4.78 is 5.25. The van der Waals surface area contributed by atoms with Gasteiger partial charge in [0.25, 0.3) is 0 Å². The lowest BCUT2D eigenvalue weighted by Crippen LogP contribution is -2.19. The van der Waals surface area contributed by atoms with Gasteiger partial charge >= 0.3 is 6.03 Å². The number of amides is 3. The Labute approximate surface area is 205 Å². The molecule has 4 aromatic rings. The molecule has 0 aliphatic heterocycles. The first-order valence-electron chi connectivity index (χ1n) is 10.3. The van der Waals surface area contributed by atoms with E-state index in [-0.39, 0.29) is 17.7 Å². The second-order valence-electron chi connectivity index (χ2n) is 7.08. The molecule has 0 spiro atoms. The van der Waals surface area contributed by atoms with Crippen molar-refractivity contribution in [3.8, 4) is 17.0 Å². The minimum absolute atomic E-state index is 0.138. The fourth-order valence-corrected chi connectivity index (χ4v) is 4.43. The van der Waals surface area contributed by atoms with Gasteiger partial charge in [-0.25, -0.2) is 9.78 Å². The topological polar surface area (TPSA) is 92.4 Å². The van der Waals surface area contributed by atoms with Gasteiger partial charge in [-0.1, -0.05) is 30.3 Å². The average molecular weight is 491 g/mol. The van der Waals surface area contributed by atoms with Gasteiger partial charge in [-0.2, -0.15) is 0 Å². The summed E-state index contributed by atoms with van der Waals surface area (Å²) in [4.78, 5) is 29.9. The van der Waals surface area contributed by atoms with Gasteiger partial charge in [0.15, 0.2) is 5.13 Å². The number of methoxy groups -OCH3 is 1. The number of nitrogens with zero attached hydrogens (tertiary/aromatic N) is 1. The molecule has 0 aliphatic carbocycles. The van der Waals surface area contributed by atoms with Crippen LogP contribution >= 0.6 is 23.1 Å². The number of urea groups is 1. The molecule has 1 heterocycles. The molecule has 0 saturated carbocycles. The Morgan fingerprint density at radius 2 is 1.65 bits per heavy atom. The number of carbonyl (C=O) groups is 2. The summed E-state index contributed by atoms with van der Waals surface area (Å²) in [6.07, 6.45) is 0. The normalized spacial score (nSPS) is 10.4. The summed E-state index contributed by atoms with van der Waals surface area (Å²) >= 11 is 2.78. The largest absolute Gasteiger partial charge is 0.497 e. The molecular formula is C25H22N4O3S2. The highest BCUT2D eigenvalue weighted by atomic mass is 32.2. The summed E-state index contributed by atoms with van der Waals surface area (Å²) in [5, 5.41) is 10.8. The fraction of sp³-hybridized carbons (Fsp3) is 0.0800. The van der Waals surface area contributed by atoms with Crippen molar-refractivity contribution in [3.05, 3.63) is 84.2 Å². The van der Waals surface area contributed by atoms with Crippen LogP contribution in [-0.4, -0.2) is 29.8 Å². The Morgan fingerprint density at radius 3 is 2.38 bits per heavy atom. The first-order chi connectivity index (χ1) is 16.6. The summed E-state index contributed by atoms with van der Waals surface area (Å²) in [6.45, 7) is 0. The Balaban J connectivity index is 1.25. The van der Waals surface area contributed by atoms with E-state index in [1.807, 2.05) is 72.1 Å². The molecule has 3 aromatic carbocycles. The maximum Gasteiger partial charge on any atom is 0.323 e. The third-order valence-electron chi connectivity index (χ3n) is 4.63. The summed E-state index contributed by atoms with van der Waals surface area (Å²) in [5.41, 5.74) is 3.09. The molecule has 34 heavy (non-hydrogen) atoms. The number of hydrogen-bond donors (Lipinski definition) is 3. The van der Waals surface area contributed by atoms with Crippen LogP contribution in [0.25, 0.3) is 11.3 Å². The Kier molecular flexibility index (Phi) is 7.79. The molecule has 0 saturated heterocycles. The Bertz CT molecular complexity index is 1260. The second-order valence-corrected chi connectivity index (χ2v) is 8.98. The first-order valence-corrected chi connectivity index (χ1v) is 12.2. The maximum absolute atomic E-state index is 12.4. The van der Waals surface area contributed by atoms with Crippen molar-refractivity contribution in [1.82, 2.24) is 4.98 Å². The third kappa shape index (κ3) is 6.60. The molecule has 1 aromatic heterocycles. The number of thiazole rings is 1. The lowest BCUT2D eigenvalue weighted by Gasteiger charge is -2.08. The number of benzene rings is 3. The van der Waals surface area contributed by atoms with Crippen LogP contribution in [0.2, 0.25) is 0 Å². The molecule has 0 fully saturated rings. The van der Waals surface area contributed by atoms with Crippen LogP contribution in [0.3, 0.4) is 0 Å². The quantitative estimate of drug-likeness (QED) is 0.256. The second kappa shape index (κ2) is 11.4. The molecule has 7 nitrogen and oxygen atoms in total. The van der Waals surface area contributed by atoms with Crippen molar-refractivity contribution in [3.63, 3.8) is 0 Å². The zero-order chi connectivity index (χ0) is 23.8. The molecule has 3 N–H and O–H groups in total. The van der Waals surface area contributed by atoms with Gasteiger partial charge in [-0.3, -0.25) is 4.79 Å². The Hall–Kier alpha value is -3.82. The molecule has 172 valence electrons. The van der Waals surface area contributed by atoms with Crippen LogP contribution in [0, 0.1) is 0 Å². The zero-order valence-electron chi connectivity index (χ0n) is 18.3. The minimum Gasteiger partial charge on any atom is -0.497 e. The summed E-state index contributed by atoms with van der Waals surface area (Å²) in [7, 11) is 1.62. The molecule has 0 atom stereocenters. The van der Waals surface area contributed by atoms with Crippen LogP contribution in [0.5, 0.6) is 5.75 Å². The molecule has 0 unspecified atom stereocenters. The third-order valence-corrected chi connectivity index (χ3v) is 6.40. The molecule has 4 rings (SSSR count). The van der Waals surface area contributed by atoms with E-state index in [1.165, 1.54) is 23.1 Å². The van der Waals surface area contributed by atoms with E-state index >= 15 is 0 Å². The van der Waals surface area contributed by atoms with Gasteiger partial charge in [0.2, 0.25) is 5.91 Å². The smallest absolute Gasteiger partial charge is 0.323 e.